The molecule has 0 atom stereocenters. The molecule has 0 aromatic heterocycles. The molecule has 1 heterocycles. The first-order valence-corrected chi connectivity index (χ1v) is 6.53. The highest BCUT2D eigenvalue weighted by Gasteiger charge is 2.18. The van der Waals surface area contributed by atoms with E-state index in [4.69, 9.17) is 5.11 Å². The number of carboxylic acids is 1. The number of benzene rings is 1. The normalized spacial score (nSPS) is 15.2. The summed E-state index contributed by atoms with van der Waals surface area (Å²) < 4.78 is 0. The van der Waals surface area contributed by atoms with Gasteiger partial charge in [0, 0.05) is 25.2 Å². The van der Waals surface area contributed by atoms with Gasteiger partial charge in [-0.2, -0.15) is 0 Å². The van der Waals surface area contributed by atoms with E-state index in [1.807, 2.05) is 24.3 Å². The van der Waals surface area contributed by atoms with Gasteiger partial charge >= 0.3 is 12.0 Å². The van der Waals surface area contributed by atoms with Crippen LogP contribution < -0.4 is 10.2 Å². The van der Waals surface area contributed by atoms with Crippen LogP contribution in [0.15, 0.2) is 24.3 Å². The minimum Gasteiger partial charge on any atom is -0.481 e. The molecule has 5 nitrogen and oxygen atoms in total. The lowest BCUT2D eigenvalue weighted by molar-refractivity contribution is -0.137. The predicted octanol–water partition coefficient (Wildman–Crippen LogP) is 2.01. The van der Waals surface area contributed by atoms with Gasteiger partial charge in [0.15, 0.2) is 0 Å². The summed E-state index contributed by atoms with van der Waals surface area (Å²) in [6, 6.07) is 7.70. The van der Waals surface area contributed by atoms with Crippen LogP contribution in [0.3, 0.4) is 0 Å². The van der Waals surface area contributed by atoms with E-state index in [2.05, 4.69) is 5.32 Å². The minimum absolute atomic E-state index is 0.0510. The highest BCUT2D eigenvalue weighted by Crippen LogP contribution is 2.18. The predicted molar refractivity (Wildman–Crippen MR) is 72.4 cm³/mol. The third kappa shape index (κ3) is 3.71. The second kappa shape index (κ2) is 6.22. The lowest BCUT2D eigenvalue weighted by Gasteiger charge is -2.27. The van der Waals surface area contributed by atoms with Crippen LogP contribution in [0.2, 0.25) is 0 Å². The molecule has 0 spiro atoms. The molecule has 2 amide bonds. The first kappa shape index (κ1) is 13.4. The zero-order valence-electron chi connectivity index (χ0n) is 10.8. The second-order valence-corrected chi connectivity index (χ2v) is 4.65. The van der Waals surface area contributed by atoms with E-state index in [1.54, 1.807) is 4.90 Å². The molecule has 1 aromatic carbocycles. The van der Waals surface area contributed by atoms with E-state index < -0.39 is 5.97 Å². The maximum absolute atomic E-state index is 11.7. The van der Waals surface area contributed by atoms with Gasteiger partial charge in [-0.1, -0.05) is 12.1 Å². The highest BCUT2D eigenvalue weighted by atomic mass is 16.4. The lowest BCUT2D eigenvalue weighted by Crippen LogP contribution is -2.46. The molecule has 0 bridgehead atoms. The smallest absolute Gasteiger partial charge is 0.321 e. The van der Waals surface area contributed by atoms with Gasteiger partial charge in [0.05, 0.1) is 0 Å². The molecule has 0 aliphatic carbocycles. The van der Waals surface area contributed by atoms with Crippen molar-refractivity contribution in [3.05, 3.63) is 29.8 Å². The molecule has 0 radical (unpaired) electrons. The van der Waals surface area contributed by atoms with Crippen molar-refractivity contribution in [3.63, 3.8) is 0 Å². The van der Waals surface area contributed by atoms with Crippen molar-refractivity contribution in [2.24, 2.45) is 0 Å². The number of anilines is 1. The Labute approximate surface area is 112 Å². The van der Waals surface area contributed by atoms with Crippen LogP contribution in [0.4, 0.5) is 10.5 Å². The quantitative estimate of drug-likeness (QED) is 0.852. The van der Waals surface area contributed by atoms with Crippen molar-refractivity contribution < 1.29 is 14.7 Å². The highest BCUT2D eigenvalue weighted by molar-refractivity contribution is 5.92. The maximum atomic E-state index is 11.7. The van der Waals surface area contributed by atoms with Crippen molar-refractivity contribution in [2.75, 3.05) is 18.0 Å². The summed E-state index contributed by atoms with van der Waals surface area (Å²) in [5, 5.41) is 11.4. The van der Waals surface area contributed by atoms with Crippen molar-refractivity contribution >= 4 is 17.7 Å². The average molecular weight is 262 g/mol. The van der Waals surface area contributed by atoms with Gasteiger partial charge in [0.25, 0.3) is 0 Å². The van der Waals surface area contributed by atoms with Crippen LogP contribution in [-0.4, -0.2) is 30.2 Å². The number of hydrogen-bond donors (Lipinski definition) is 2. The van der Waals surface area contributed by atoms with Crippen molar-refractivity contribution in [1.29, 1.82) is 0 Å². The van der Waals surface area contributed by atoms with Crippen LogP contribution in [0.5, 0.6) is 0 Å². The van der Waals surface area contributed by atoms with Crippen LogP contribution in [0, 0.1) is 0 Å². The average Bonchev–Trinajstić information content (AvgIpc) is 2.40. The number of carbonyl (C=O) groups excluding carboxylic acids is 1. The maximum Gasteiger partial charge on any atom is 0.321 e. The molecular weight excluding hydrogens is 244 g/mol. The molecular formula is C14H18N2O3. The third-order valence-corrected chi connectivity index (χ3v) is 3.18. The zero-order valence-corrected chi connectivity index (χ0v) is 10.8. The Morgan fingerprint density at radius 2 is 2.05 bits per heavy atom. The number of nitrogens with one attached hydrogen (secondary N) is 1. The summed E-state index contributed by atoms with van der Waals surface area (Å²) in [5.74, 6) is -0.762. The molecule has 102 valence electrons. The Hall–Kier alpha value is -2.04. The number of carboxylic acid groups (broad SMARTS) is 1. The third-order valence-electron chi connectivity index (χ3n) is 3.18. The summed E-state index contributed by atoms with van der Waals surface area (Å²) in [6.07, 6.45) is 2.53. The van der Waals surface area contributed by atoms with Gasteiger partial charge in [-0.15, -0.1) is 0 Å². The Bertz CT molecular complexity index is 456. The molecule has 19 heavy (non-hydrogen) atoms. The van der Waals surface area contributed by atoms with E-state index in [0.717, 1.165) is 37.2 Å². The second-order valence-electron chi connectivity index (χ2n) is 4.65. The topological polar surface area (TPSA) is 69.6 Å². The van der Waals surface area contributed by atoms with Crippen molar-refractivity contribution in [1.82, 2.24) is 5.32 Å². The van der Waals surface area contributed by atoms with E-state index >= 15 is 0 Å². The molecule has 2 N–H and O–H groups in total. The molecule has 0 saturated carbocycles. The van der Waals surface area contributed by atoms with E-state index in [9.17, 15) is 9.59 Å². The number of hydrogen-bond acceptors (Lipinski definition) is 2. The summed E-state index contributed by atoms with van der Waals surface area (Å²) >= 11 is 0. The molecule has 0 unspecified atom stereocenters. The zero-order chi connectivity index (χ0) is 13.7. The van der Waals surface area contributed by atoms with Gasteiger partial charge in [-0.25, -0.2) is 4.79 Å². The van der Waals surface area contributed by atoms with E-state index in [-0.39, 0.29) is 12.5 Å². The summed E-state index contributed by atoms with van der Waals surface area (Å²) in [4.78, 5) is 23.8. The number of urea groups is 1. The standard InChI is InChI=1S/C14H18N2O3/c17-13(18)4-1-3-11-5-7-12(8-6-11)16-10-2-9-15-14(16)19/h5-8H,1-4,9-10H2,(H,15,19)(H,17,18). The minimum atomic E-state index is -0.762. The van der Waals surface area contributed by atoms with Crippen LogP contribution >= 0.6 is 0 Å². The lowest BCUT2D eigenvalue weighted by atomic mass is 10.1. The summed E-state index contributed by atoms with van der Waals surface area (Å²) in [5.41, 5.74) is 1.99. The van der Waals surface area contributed by atoms with Gasteiger partial charge in [-0.3, -0.25) is 9.69 Å². The number of carbonyl (C=O) groups is 2. The molecule has 1 aliphatic rings. The van der Waals surface area contributed by atoms with Gasteiger partial charge in [0.2, 0.25) is 0 Å². The molecule has 1 aromatic rings. The fraction of sp³-hybridized carbons (Fsp3) is 0.429. The van der Waals surface area contributed by atoms with Gasteiger partial charge in [-0.05, 0) is 37.0 Å². The summed E-state index contributed by atoms with van der Waals surface area (Å²) in [7, 11) is 0. The van der Waals surface area contributed by atoms with Crippen LogP contribution in [-0.2, 0) is 11.2 Å². The Balaban J connectivity index is 1.94. The number of rotatable bonds is 5. The van der Waals surface area contributed by atoms with Crippen LogP contribution in [0.25, 0.3) is 0 Å². The molecule has 2 rings (SSSR count). The first-order valence-electron chi connectivity index (χ1n) is 6.53. The first-order chi connectivity index (χ1) is 9.16. The molecule has 1 aliphatic heterocycles. The van der Waals surface area contributed by atoms with E-state index in [0.29, 0.717) is 6.42 Å². The van der Waals surface area contributed by atoms with Gasteiger partial charge < -0.3 is 10.4 Å². The van der Waals surface area contributed by atoms with Crippen LogP contribution in [0.1, 0.15) is 24.8 Å². The largest absolute Gasteiger partial charge is 0.481 e. The Morgan fingerprint density at radius 1 is 1.32 bits per heavy atom. The molecule has 1 saturated heterocycles. The fourth-order valence-electron chi connectivity index (χ4n) is 2.16. The number of aliphatic carboxylic acids is 1. The van der Waals surface area contributed by atoms with Gasteiger partial charge in [0.1, 0.15) is 0 Å². The SMILES string of the molecule is O=C(O)CCCc1ccc(N2CCCNC2=O)cc1. The number of aryl methyl sites for hydroxylation is 1. The molecule has 5 heteroatoms. The van der Waals surface area contributed by atoms with E-state index in [1.165, 1.54) is 0 Å². The summed E-state index contributed by atoms with van der Waals surface area (Å²) in [6.45, 7) is 1.48. The molecule has 1 fully saturated rings. The van der Waals surface area contributed by atoms with Crippen molar-refractivity contribution in [3.8, 4) is 0 Å². The Morgan fingerprint density at radius 3 is 2.68 bits per heavy atom. The monoisotopic (exact) mass is 262 g/mol. The Kier molecular flexibility index (Phi) is 4.39. The fourth-order valence-corrected chi connectivity index (χ4v) is 2.16. The number of amides is 2. The van der Waals surface area contributed by atoms with Crippen molar-refractivity contribution in [2.45, 2.75) is 25.7 Å². The number of nitrogens with zero attached hydrogens (tertiary/aromatic N) is 1.